The van der Waals surface area contributed by atoms with Gasteiger partial charge in [-0.05, 0) is 33.6 Å². The minimum atomic E-state index is -0.465. The highest BCUT2D eigenvalue weighted by molar-refractivity contribution is 14.0. The normalized spacial score (nSPS) is 19.2. The second-order valence-electron chi connectivity index (χ2n) is 7.13. The largest absolute Gasteiger partial charge is 0.444 e. The predicted molar refractivity (Wildman–Crippen MR) is 109 cm³/mol. The topological polar surface area (TPSA) is 80.4 Å². The van der Waals surface area contributed by atoms with E-state index in [1.54, 1.807) is 4.90 Å². The van der Waals surface area contributed by atoms with Crippen LogP contribution in [0.15, 0.2) is 16.6 Å². The van der Waals surface area contributed by atoms with Crippen molar-refractivity contribution in [3.63, 3.8) is 0 Å². The van der Waals surface area contributed by atoms with Crippen LogP contribution in [0.1, 0.15) is 33.6 Å². The predicted octanol–water partition coefficient (Wildman–Crippen LogP) is 2.21. The molecule has 0 aromatic heterocycles. The maximum Gasteiger partial charge on any atom is 0.410 e. The Hall–Kier alpha value is -1.03. The summed E-state index contributed by atoms with van der Waals surface area (Å²) in [6.45, 7) is 10.4. The number of piperazine rings is 1. The number of nitrogens with zero attached hydrogens (tertiary/aromatic N) is 3. The van der Waals surface area contributed by atoms with Gasteiger partial charge in [-0.3, -0.25) is 4.99 Å². The molecule has 144 valence electrons. The summed E-state index contributed by atoms with van der Waals surface area (Å²) >= 11 is 0. The Morgan fingerprint density at radius 2 is 1.92 bits per heavy atom. The molecule has 8 heteroatoms. The van der Waals surface area contributed by atoms with Gasteiger partial charge in [-0.25, -0.2) is 4.79 Å². The third-order valence-corrected chi connectivity index (χ3v) is 4.02. The number of carbonyl (C=O) groups excluding carboxylic acids is 1. The highest BCUT2D eigenvalue weighted by Gasteiger charge is 2.26. The van der Waals surface area contributed by atoms with Gasteiger partial charge in [-0.1, -0.05) is 11.6 Å². The van der Waals surface area contributed by atoms with Gasteiger partial charge in [-0.15, -0.1) is 24.0 Å². The van der Waals surface area contributed by atoms with Crippen molar-refractivity contribution >= 4 is 36.0 Å². The first-order valence-corrected chi connectivity index (χ1v) is 8.63. The Morgan fingerprint density at radius 3 is 2.48 bits per heavy atom. The first kappa shape index (κ1) is 22.0. The van der Waals surface area contributed by atoms with Crippen LogP contribution in [-0.4, -0.2) is 73.4 Å². The van der Waals surface area contributed by atoms with E-state index in [1.165, 1.54) is 5.57 Å². The van der Waals surface area contributed by atoms with Gasteiger partial charge >= 0.3 is 6.09 Å². The summed E-state index contributed by atoms with van der Waals surface area (Å²) in [7, 11) is 0. The Balaban J connectivity index is 0.00000312. The summed E-state index contributed by atoms with van der Waals surface area (Å²) in [5, 5.41) is 0. The van der Waals surface area contributed by atoms with Crippen molar-refractivity contribution in [2.45, 2.75) is 39.2 Å². The van der Waals surface area contributed by atoms with Gasteiger partial charge in [0.1, 0.15) is 5.60 Å². The fourth-order valence-electron chi connectivity index (χ4n) is 2.65. The van der Waals surface area contributed by atoms with Crippen LogP contribution >= 0.6 is 24.0 Å². The molecule has 0 atom stereocenters. The smallest absolute Gasteiger partial charge is 0.410 e. The molecular formula is C17H31IN4O3. The quantitative estimate of drug-likeness (QED) is 0.299. The maximum atomic E-state index is 12.0. The number of guanidine groups is 1. The number of halogens is 1. The monoisotopic (exact) mass is 466 g/mol. The number of hydrogen-bond acceptors (Lipinski definition) is 4. The third kappa shape index (κ3) is 7.81. The number of amides is 1. The van der Waals surface area contributed by atoms with Crippen LogP contribution in [0, 0.1) is 0 Å². The second kappa shape index (κ2) is 10.2. The first-order chi connectivity index (χ1) is 11.3. The molecule has 0 spiro atoms. The fourth-order valence-corrected chi connectivity index (χ4v) is 2.65. The highest BCUT2D eigenvalue weighted by Crippen LogP contribution is 2.13. The Kier molecular flexibility index (Phi) is 8.98. The molecule has 2 heterocycles. The van der Waals surface area contributed by atoms with Gasteiger partial charge in [0.25, 0.3) is 0 Å². The summed E-state index contributed by atoms with van der Waals surface area (Å²) in [5.74, 6) is 0.562. The minimum Gasteiger partial charge on any atom is -0.444 e. The zero-order chi connectivity index (χ0) is 17.6. The third-order valence-electron chi connectivity index (χ3n) is 4.02. The Labute approximate surface area is 167 Å². The SMILES string of the molecule is CC(C)(C)OC(=O)N1CCN(C(N)=NCCC2=CCOCC2)CC1.I. The van der Waals surface area contributed by atoms with Crippen molar-refractivity contribution in [1.82, 2.24) is 9.80 Å². The van der Waals surface area contributed by atoms with E-state index in [1.807, 2.05) is 25.7 Å². The summed E-state index contributed by atoms with van der Waals surface area (Å²) in [6.07, 6.45) is 3.80. The van der Waals surface area contributed by atoms with E-state index in [0.29, 0.717) is 45.3 Å². The first-order valence-electron chi connectivity index (χ1n) is 8.63. The summed E-state index contributed by atoms with van der Waals surface area (Å²) in [4.78, 5) is 20.3. The second-order valence-corrected chi connectivity index (χ2v) is 7.13. The van der Waals surface area contributed by atoms with Crippen LogP contribution in [0.25, 0.3) is 0 Å². The number of ether oxygens (including phenoxy) is 2. The standard InChI is InChI=1S/C17H30N4O3.HI/c1-17(2,3)24-16(22)21-10-8-20(9-11-21)15(18)19-7-4-14-5-12-23-13-6-14;/h5H,4,6-13H2,1-3H3,(H2,18,19);1H. The van der Waals surface area contributed by atoms with E-state index >= 15 is 0 Å². The molecule has 2 aliphatic heterocycles. The lowest BCUT2D eigenvalue weighted by Crippen LogP contribution is -2.53. The van der Waals surface area contributed by atoms with Gasteiger partial charge in [0, 0.05) is 32.7 Å². The maximum absolute atomic E-state index is 12.0. The molecule has 25 heavy (non-hydrogen) atoms. The number of rotatable bonds is 3. The van der Waals surface area contributed by atoms with Gasteiger partial charge in [0.2, 0.25) is 0 Å². The van der Waals surface area contributed by atoms with Crippen LogP contribution in [0.5, 0.6) is 0 Å². The van der Waals surface area contributed by atoms with Crippen LogP contribution in [0.2, 0.25) is 0 Å². The molecule has 7 nitrogen and oxygen atoms in total. The zero-order valence-electron chi connectivity index (χ0n) is 15.5. The van der Waals surface area contributed by atoms with Crippen molar-refractivity contribution in [2.75, 3.05) is 45.9 Å². The van der Waals surface area contributed by atoms with Crippen LogP contribution in [0.4, 0.5) is 4.79 Å². The number of aliphatic imine (C=N–C) groups is 1. The lowest BCUT2D eigenvalue weighted by molar-refractivity contribution is 0.0186. The number of hydrogen-bond donors (Lipinski definition) is 1. The summed E-state index contributed by atoms with van der Waals surface area (Å²) in [5.41, 5.74) is 7.02. The molecule has 1 amide bonds. The number of nitrogens with two attached hydrogens (primary N) is 1. The molecule has 0 radical (unpaired) electrons. The van der Waals surface area contributed by atoms with Crippen molar-refractivity contribution in [3.8, 4) is 0 Å². The van der Waals surface area contributed by atoms with Gasteiger partial charge in [0.15, 0.2) is 5.96 Å². The summed E-state index contributed by atoms with van der Waals surface area (Å²) < 4.78 is 10.7. The minimum absolute atomic E-state index is 0. The van der Waals surface area contributed by atoms with Crippen molar-refractivity contribution < 1.29 is 14.3 Å². The van der Waals surface area contributed by atoms with Crippen molar-refractivity contribution in [2.24, 2.45) is 10.7 Å². The molecule has 0 aromatic rings. The molecule has 2 aliphatic rings. The number of carbonyl (C=O) groups is 1. The van der Waals surface area contributed by atoms with E-state index in [0.717, 1.165) is 19.4 Å². The average Bonchev–Trinajstić information content (AvgIpc) is 2.54. The van der Waals surface area contributed by atoms with E-state index < -0.39 is 5.60 Å². The van der Waals surface area contributed by atoms with Crippen LogP contribution in [0.3, 0.4) is 0 Å². The van der Waals surface area contributed by atoms with Crippen molar-refractivity contribution in [3.05, 3.63) is 11.6 Å². The van der Waals surface area contributed by atoms with E-state index in [2.05, 4.69) is 11.1 Å². The summed E-state index contributed by atoms with van der Waals surface area (Å²) in [6, 6.07) is 0. The Bertz CT molecular complexity index is 495. The molecule has 0 bridgehead atoms. The van der Waals surface area contributed by atoms with E-state index in [-0.39, 0.29) is 30.1 Å². The Morgan fingerprint density at radius 1 is 1.28 bits per heavy atom. The van der Waals surface area contributed by atoms with Crippen molar-refractivity contribution in [1.29, 1.82) is 0 Å². The lowest BCUT2D eigenvalue weighted by atomic mass is 10.1. The fraction of sp³-hybridized carbons (Fsp3) is 0.765. The van der Waals surface area contributed by atoms with Gasteiger partial charge in [-0.2, -0.15) is 0 Å². The lowest BCUT2D eigenvalue weighted by Gasteiger charge is -2.36. The highest BCUT2D eigenvalue weighted by atomic mass is 127. The van der Waals surface area contributed by atoms with Crippen LogP contribution < -0.4 is 5.73 Å². The molecule has 1 saturated heterocycles. The molecule has 2 N–H and O–H groups in total. The van der Waals surface area contributed by atoms with Gasteiger partial charge in [0.05, 0.1) is 13.2 Å². The molecule has 0 saturated carbocycles. The molecule has 0 aliphatic carbocycles. The molecule has 1 fully saturated rings. The van der Waals surface area contributed by atoms with E-state index in [4.69, 9.17) is 15.2 Å². The van der Waals surface area contributed by atoms with Crippen LogP contribution in [-0.2, 0) is 9.47 Å². The molecular weight excluding hydrogens is 435 g/mol. The zero-order valence-corrected chi connectivity index (χ0v) is 17.8. The molecule has 0 unspecified atom stereocenters. The molecule has 0 aromatic carbocycles. The molecule has 2 rings (SSSR count). The average molecular weight is 466 g/mol. The van der Waals surface area contributed by atoms with E-state index in [9.17, 15) is 4.79 Å². The van der Waals surface area contributed by atoms with Gasteiger partial charge < -0.3 is 25.0 Å².